The first-order valence-corrected chi connectivity index (χ1v) is 9.52. The van der Waals surface area contributed by atoms with Crippen LogP contribution in [0.5, 0.6) is 0 Å². The van der Waals surface area contributed by atoms with Crippen LogP contribution in [0.3, 0.4) is 0 Å². The van der Waals surface area contributed by atoms with Gasteiger partial charge in [0.15, 0.2) is 0 Å². The quantitative estimate of drug-likeness (QED) is 0.805. The van der Waals surface area contributed by atoms with Crippen molar-refractivity contribution < 1.29 is 9.53 Å². The van der Waals surface area contributed by atoms with Crippen LogP contribution in [-0.2, 0) is 16.1 Å². The molecule has 1 saturated carbocycles. The van der Waals surface area contributed by atoms with Crippen molar-refractivity contribution in [1.82, 2.24) is 10.2 Å². The van der Waals surface area contributed by atoms with Gasteiger partial charge in [0.1, 0.15) is 11.1 Å². The number of ether oxygens (including phenoxy) is 1. The van der Waals surface area contributed by atoms with E-state index in [9.17, 15) is 4.79 Å². The highest BCUT2D eigenvalue weighted by molar-refractivity contribution is 5.84. The standard InChI is InChI=1S/C21H32N2O2/c1-16-13-23(14-17-8-6-5-7-9-17)15-18(16)12-22-21(10-11-21)19(24)25-20(2,3)4/h5-9,16,18,22H,10-15H2,1-4H3. The molecule has 0 aromatic heterocycles. The molecule has 4 heteroatoms. The molecule has 1 saturated heterocycles. The van der Waals surface area contributed by atoms with Gasteiger partial charge >= 0.3 is 5.97 Å². The average molecular weight is 344 g/mol. The molecule has 1 N–H and O–H groups in total. The highest BCUT2D eigenvalue weighted by atomic mass is 16.6. The van der Waals surface area contributed by atoms with Crippen molar-refractivity contribution in [3.05, 3.63) is 35.9 Å². The Kier molecular flexibility index (Phi) is 5.21. The normalized spacial score (nSPS) is 25.8. The molecule has 1 heterocycles. The van der Waals surface area contributed by atoms with Crippen LogP contribution in [-0.4, -0.2) is 41.6 Å². The van der Waals surface area contributed by atoms with Gasteiger partial charge < -0.3 is 10.1 Å². The van der Waals surface area contributed by atoms with Gasteiger partial charge in [0.25, 0.3) is 0 Å². The highest BCUT2D eigenvalue weighted by Gasteiger charge is 2.52. The van der Waals surface area contributed by atoms with E-state index in [2.05, 4.69) is 47.5 Å². The van der Waals surface area contributed by atoms with Gasteiger partial charge in [0, 0.05) is 26.2 Å². The van der Waals surface area contributed by atoms with Crippen molar-refractivity contribution in [2.75, 3.05) is 19.6 Å². The molecule has 0 spiro atoms. The van der Waals surface area contributed by atoms with Crippen molar-refractivity contribution in [1.29, 1.82) is 0 Å². The van der Waals surface area contributed by atoms with E-state index in [-0.39, 0.29) is 5.97 Å². The number of benzene rings is 1. The van der Waals surface area contributed by atoms with E-state index in [1.807, 2.05) is 20.8 Å². The zero-order valence-electron chi connectivity index (χ0n) is 16.0. The second-order valence-corrected chi connectivity index (χ2v) is 8.88. The van der Waals surface area contributed by atoms with Gasteiger partial charge in [-0.1, -0.05) is 37.3 Å². The van der Waals surface area contributed by atoms with E-state index in [0.717, 1.165) is 39.0 Å². The summed E-state index contributed by atoms with van der Waals surface area (Å²) in [6, 6.07) is 10.7. The second kappa shape index (κ2) is 7.08. The molecule has 0 bridgehead atoms. The molecule has 2 atom stereocenters. The number of rotatable bonds is 6. The van der Waals surface area contributed by atoms with Crippen LogP contribution in [0, 0.1) is 11.8 Å². The maximum Gasteiger partial charge on any atom is 0.326 e. The van der Waals surface area contributed by atoms with Crippen molar-refractivity contribution >= 4 is 5.97 Å². The monoisotopic (exact) mass is 344 g/mol. The van der Waals surface area contributed by atoms with Crippen LogP contribution in [0.1, 0.15) is 46.1 Å². The zero-order chi connectivity index (χ0) is 18.1. The first-order chi connectivity index (χ1) is 11.8. The molecule has 2 aliphatic rings. The first-order valence-electron chi connectivity index (χ1n) is 9.52. The summed E-state index contributed by atoms with van der Waals surface area (Å²) in [5, 5.41) is 3.55. The Morgan fingerprint density at radius 2 is 1.92 bits per heavy atom. The fourth-order valence-corrected chi connectivity index (χ4v) is 3.66. The number of hydrogen-bond acceptors (Lipinski definition) is 4. The highest BCUT2D eigenvalue weighted by Crippen LogP contribution is 2.38. The van der Waals surface area contributed by atoms with E-state index in [0.29, 0.717) is 11.8 Å². The van der Waals surface area contributed by atoms with Crippen LogP contribution in [0.2, 0.25) is 0 Å². The Labute approximate surface area is 151 Å². The fourth-order valence-electron chi connectivity index (χ4n) is 3.66. The molecule has 3 rings (SSSR count). The molecule has 1 aromatic rings. The predicted molar refractivity (Wildman–Crippen MR) is 100 cm³/mol. The van der Waals surface area contributed by atoms with Crippen LogP contribution < -0.4 is 5.32 Å². The minimum Gasteiger partial charge on any atom is -0.459 e. The largest absolute Gasteiger partial charge is 0.459 e. The molecule has 1 aromatic carbocycles. The lowest BCUT2D eigenvalue weighted by molar-refractivity contribution is -0.158. The molecule has 1 aliphatic heterocycles. The summed E-state index contributed by atoms with van der Waals surface area (Å²) in [5.74, 6) is 1.15. The number of likely N-dealkylation sites (tertiary alicyclic amines) is 1. The third kappa shape index (κ3) is 4.83. The average Bonchev–Trinajstić information content (AvgIpc) is 3.24. The summed E-state index contributed by atoms with van der Waals surface area (Å²) in [5.41, 5.74) is 0.539. The van der Waals surface area contributed by atoms with Crippen molar-refractivity contribution in [2.24, 2.45) is 11.8 Å². The van der Waals surface area contributed by atoms with Crippen LogP contribution in [0.15, 0.2) is 30.3 Å². The summed E-state index contributed by atoms with van der Waals surface area (Å²) in [4.78, 5) is 15.0. The lowest BCUT2D eigenvalue weighted by Crippen LogP contribution is -2.46. The summed E-state index contributed by atoms with van der Waals surface area (Å²) >= 11 is 0. The van der Waals surface area contributed by atoms with E-state index >= 15 is 0 Å². The Hall–Kier alpha value is -1.39. The maximum absolute atomic E-state index is 12.4. The third-order valence-electron chi connectivity index (χ3n) is 5.33. The summed E-state index contributed by atoms with van der Waals surface area (Å²) in [6.45, 7) is 12.2. The van der Waals surface area contributed by atoms with E-state index in [1.165, 1.54) is 5.56 Å². The first kappa shape index (κ1) is 18.4. The van der Waals surface area contributed by atoms with Crippen molar-refractivity contribution in [3.63, 3.8) is 0 Å². The Morgan fingerprint density at radius 1 is 1.24 bits per heavy atom. The van der Waals surface area contributed by atoms with Gasteiger partial charge in [-0.05, 0) is 51.0 Å². The summed E-state index contributed by atoms with van der Waals surface area (Å²) in [7, 11) is 0. The van der Waals surface area contributed by atoms with Gasteiger partial charge in [-0.2, -0.15) is 0 Å². The fraction of sp³-hybridized carbons (Fsp3) is 0.667. The van der Waals surface area contributed by atoms with Gasteiger partial charge in [0.2, 0.25) is 0 Å². The lowest BCUT2D eigenvalue weighted by Gasteiger charge is -2.26. The van der Waals surface area contributed by atoms with Gasteiger partial charge in [-0.15, -0.1) is 0 Å². The van der Waals surface area contributed by atoms with Crippen LogP contribution in [0.25, 0.3) is 0 Å². The van der Waals surface area contributed by atoms with Crippen molar-refractivity contribution in [2.45, 2.75) is 58.2 Å². The zero-order valence-corrected chi connectivity index (χ0v) is 16.0. The molecular formula is C21H32N2O2. The van der Waals surface area contributed by atoms with E-state index in [1.54, 1.807) is 0 Å². The van der Waals surface area contributed by atoms with Crippen LogP contribution in [0.4, 0.5) is 0 Å². The Bertz CT molecular complexity index is 590. The molecule has 1 aliphatic carbocycles. The van der Waals surface area contributed by atoms with E-state index in [4.69, 9.17) is 4.74 Å². The molecule has 4 nitrogen and oxygen atoms in total. The number of nitrogens with one attached hydrogen (secondary N) is 1. The number of nitrogens with zero attached hydrogens (tertiary/aromatic N) is 1. The smallest absolute Gasteiger partial charge is 0.326 e. The lowest BCUT2D eigenvalue weighted by atomic mass is 9.98. The van der Waals surface area contributed by atoms with E-state index < -0.39 is 11.1 Å². The maximum atomic E-state index is 12.4. The number of carbonyl (C=O) groups excluding carboxylic acids is 1. The third-order valence-corrected chi connectivity index (χ3v) is 5.33. The topological polar surface area (TPSA) is 41.6 Å². The van der Waals surface area contributed by atoms with Gasteiger partial charge in [-0.25, -0.2) is 0 Å². The van der Waals surface area contributed by atoms with Gasteiger partial charge in [0.05, 0.1) is 0 Å². The van der Waals surface area contributed by atoms with Crippen molar-refractivity contribution in [3.8, 4) is 0 Å². The predicted octanol–water partition coefficient (Wildman–Crippen LogP) is 3.22. The Balaban J connectivity index is 1.49. The SMILES string of the molecule is CC1CN(Cc2ccccc2)CC1CNC1(C(=O)OC(C)(C)C)CC1. The van der Waals surface area contributed by atoms with Crippen LogP contribution >= 0.6 is 0 Å². The number of carbonyl (C=O) groups is 1. The molecule has 0 radical (unpaired) electrons. The number of hydrogen-bond donors (Lipinski definition) is 1. The minimum absolute atomic E-state index is 0.0770. The molecule has 25 heavy (non-hydrogen) atoms. The Morgan fingerprint density at radius 3 is 2.52 bits per heavy atom. The molecule has 2 unspecified atom stereocenters. The summed E-state index contributed by atoms with van der Waals surface area (Å²) in [6.07, 6.45) is 1.80. The molecular weight excluding hydrogens is 312 g/mol. The van der Waals surface area contributed by atoms with Gasteiger partial charge in [-0.3, -0.25) is 9.69 Å². The molecule has 2 fully saturated rings. The number of esters is 1. The second-order valence-electron chi connectivity index (χ2n) is 8.88. The molecule has 138 valence electrons. The molecule has 0 amide bonds. The summed E-state index contributed by atoms with van der Waals surface area (Å²) < 4.78 is 5.60. The minimum atomic E-state index is -0.417.